The van der Waals surface area contributed by atoms with E-state index in [1.807, 2.05) is 0 Å². The van der Waals surface area contributed by atoms with Crippen LogP contribution >= 0.6 is 0 Å². The normalized spacial score (nSPS) is 37.7. The lowest BCUT2D eigenvalue weighted by atomic mass is 9.70. The van der Waals surface area contributed by atoms with E-state index in [4.69, 9.17) is 10.5 Å². The van der Waals surface area contributed by atoms with Crippen molar-refractivity contribution in [3.05, 3.63) is 0 Å². The van der Waals surface area contributed by atoms with E-state index in [-0.39, 0.29) is 11.6 Å². The largest absolute Gasteiger partial charge is 0.374 e. The van der Waals surface area contributed by atoms with E-state index in [9.17, 15) is 0 Å². The highest BCUT2D eigenvalue weighted by atomic mass is 16.5. The van der Waals surface area contributed by atoms with E-state index in [1.165, 1.54) is 44.9 Å². The van der Waals surface area contributed by atoms with Crippen LogP contribution in [0.1, 0.15) is 65.7 Å². The van der Waals surface area contributed by atoms with Crippen molar-refractivity contribution in [2.45, 2.75) is 77.4 Å². The van der Waals surface area contributed by atoms with Crippen LogP contribution in [0.3, 0.4) is 0 Å². The van der Waals surface area contributed by atoms with Crippen LogP contribution in [0.15, 0.2) is 0 Å². The molecule has 0 spiro atoms. The summed E-state index contributed by atoms with van der Waals surface area (Å²) in [5.74, 6) is 2.35. The van der Waals surface area contributed by atoms with E-state index in [1.54, 1.807) is 0 Å². The Morgan fingerprint density at radius 3 is 2.17 bits per heavy atom. The van der Waals surface area contributed by atoms with Gasteiger partial charge >= 0.3 is 0 Å². The Morgan fingerprint density at radius 1 is 1.11 bits per heavy atom. The predicted molar refractivity (Wildman–Crippen MR) is 76.5 cm³/mol. The SMILES string of the molecule is CCOC1(C(N)C2CC(C)CC(C)C2)CCCC1. The summed E-state index contributed by atoms with van der Waals surface area (Å²) in [6, 6.07) is 0.255. The maximum Gasteiger partial charge on any atom is 0.0835 e. The van der Waals surface area contributed by atoms with Crippen molar-refractivity contribution >= 4 is 0 Å². The summed E-state index contributed by atoms with van der Waals surface area (Å²) in [5.41, 5.74) is 6.68. The molecule has 0 saturated heterocycles. The Morgan fingerprint density at radius 2 is 1.67 bits per heavy atom. The van der Waals surface area contributed by atoms with Crippen molar-refractivity contribution in [2.24, 2.45) is 23.5 Å². The zero-order valence-corrected chi connectivity index (χ0v) is 12.5. The molecule has 2 heteroatoms. The molecule has 2 aliphatic rings. The summed E-state index contributed by atoms with van der Waals surface area (Å²) >= 11 is 0. The zero-order chi connectivity index (χ0) is 13.2. The molecule has 2 N–H and O–H groups in total. The first-order valence-corrected chi connectivity index (χ1v) is 7.97. The molecule has 2 saturated carbocycles. The van der Waals surface area contributed by atoms with Gasteiger partial charge in [0.15, 0.2) is 0 Å². The van der Waals surface area contributed by atoms with Gasteiger partial charge in [-0.1, -0.05) is 26.7 Å². The minimum Gasteiger partial charge on any atom is -0.374 e. The molecule has 2 nitrogen and oxygen atoms in total. The second kappa shape index (κ2) is 5.92. The van der Waals surface area contributed by atoms with Crippen LogP contribution in [0.4, 0.5) is 0 Å². The number of hydrogen-bond acceptors (Lipinski definition) is 2. The van der Waals surface area contributed by atoms with Gasteiger partial charge in [-0.25, -0.2) is 0 Å². The van der Waals surface area contributed by atoms with Crippen molar-refractivity contribution in [2.75, 3.05) is 6.61 Å². The molecule has 3 atom stereocenters. The van der Waals surface area contributed by atoms with Gasteiger partial charge in [-0.15, -0.1) is 0 Å². The molecule has 18 heavy (non-hydrogen) atoms. The molecule has 3 unspecified atom stereocenters. The fourth-order valence-corrected chi connectivity index (χ4v) is 4.57. The summed E-state index contributed by atoms with van der Waals surface area (Å²) in [7, 11) is 0. The molecule has 0 aliphatic heterocycles. The second-order valence-electron chi connectivity index (χ2n) is 6.91. The molecule has 2 aliphatic carbocycles. The Bertz CT molecular complexity index is 250. The van der Waals surface area contributed by atoms with Crippen LogP contribution in [0.25, 0.3) is 0 Å². The van der Waals surface area contributed by atoms with Crippen molar-refractivity contribution < 1.29 is 4.74 Å². The first kappa shape index (κ1) is 14.3. The lowest BCUT2D eigenvalue weighted by Crippen LogP contribution is -2.53. The summed E-state index contributed by atoms with van der Waals surface area (Å²) in [4.78, 5) is 0. The lowest BCUT2D eigenvalue weighted by molar-refractivity contribution is -0.0726. The molecule has 0 aromatic carbocycles. The molecular weight excluding hydrogens is 222 g/mol. The highest BCUT2D eigenvalue weighted by Crippen LogP contribution is 2.43. The number of ether oxygens (including phenoxy) is 1. The van der Waals surface area contributed by atoms with E-state index in [2.05, 4.69) is 20.8 Å². The van der Waals surface area contributed by atoms with Gasteiger partial charge in [-0.05, 0) is 56.8 Å². The fourth-order valence-electron chi connectivity index (χ4n) is 4.57. The van der Waals surface area contributed by atoms with E-state index in [0.717, 1.165) is 18.4 Å². The minimum atomic E-state index is 0.0101. The maximum atomic E-state index is 6.67. The topological polar surface area (TPSA) is 35.2 Å². The van der Waals surface area contributed by atoms with Crippen molar-refractivity contribution in [3.8, 4) is 0 Å². The maximum absolute atomic E-state index is 6.67. The van der Waals surface area contributed by atoms with Crippen LogP contribution in [0.2, 0.25) is 0 Å². The van der Waals surface area contributed by atoms with E-state index >= 15 is 0 Å². The highest BCUT2D eigenvalue weighted by Gasteiger charge is 2.45. The molecule has 0 aromatic heterocycles. The number of rotatable bonds is 4. The standard InChI is InChI=1S/C16H31NO/c1-4-18-16(7-5-6-8-16)15(17)14-10-12(2)9-13(3)11-14/h12-15H,4-11,17H2,1-3H3. The molecule has 0 bridgehead atoms. The van der Waals surface area contributed by atoms with Crippen LogP contribution in [0, 0.1) is 17.8 Å². The molecule has 0 radical (unpaired) electrons. The molecule has 2 fully saturated rings. The van der Waals surface area contributed by atoms with Crippen LogP contribution in [0.5, 0.6) is 0 Å². The Kier molecular flexibility index (Phi) is 4.71. The average molecular weight is 253 g/mol. The summed E-state index contributed by atoms with van der Waals surface area (Å²) in [6.45, 7) is 7.69. The lowest BCUT2D eigenvalue weighted by Gasteiger charge is -2.43. The third-order valence-electron chi connectivity index (χ3n) is 5.21. The number of hydrogen-bond donors (Lipinski definition) is 1. The van der Waals surface area contributed by atoms with E-state index in [0.29, 0.717) is 5.92 Å². The van der Waals surface area contributed by atoms with Gasteiger partial charge in [0.1, 0.15) is 0 Å². The molecule has 0 aromatic rings. The first-order chi connectivity index (χ1) is 8.57. The summed E-state index contributed by atoms with van der Waals surface area (Å²) < 4.78 is 6.15. The molecule has 0 amide bonds. The van der Waals surface area contributed by atoms with Gasteiger partial charge in [0.25, 0.3) is 0 Å². The summed E-state index contributed by atoms with van der Waals surface area (Å²) in [5, 5.41) is 0. The first-order valence-electron chi connectivity index (χ1n) is 7.97. The smallest absolute Gasteiger partial charge is 0.0835 e. The Balaban J connectivity index is 2.05. The van der Waals surface area contributed by atoms with Crippen LogP contribution in [-0.2, 0) is 4.74 Å². The molecule has 0 heterocycles. The minimum absolute atomic E-state index is 0.0101. The molecule has 106 valence electrons. The second-order valence-corrected chi connectivity index (χ2v) is 6.91. The van der Waals surface area contributed by atoms with Gasteiger partial charge in [-0.2, -0.15) is 0 Å². The molecule has 2 rings (SSSR count). The Hall–Kier alpha value is -0.0800. The van der Waals surface area contributed by atoms with Gasteiger partial charge in [-0.3, -0.25) is 0 Å². The number of nitrogens with two attached hydrogens (primary N) is 1. The predicted octanol–water partition coefficient (Wildman–Crippen LogP) is 3.74. The van der Waals surface area contributed by atoms with Crippen molar-refractivity contribution in [1.29, 1.82) is 0 Å². The summed E-state index contributed by atoms with van der Waals surface area (Å²) in [6.07, 6.45) is 8.95. The fraction of sp³-hybridized carbons (Fsp3) is 1.00. The quantitative estimate of drug-likeness (QED) is 0.828. The van der Waals surface area contributed by atoms with Gasteiger partial charge < -0.3 is 10.5 Å². The van der Waals surface area contributed by atoms with E-state index < -0.39 is 0 Å². The average Bonchev–Trinajstić information content (AvgIpc) is 2.77. The van der Waals surface area contributed by atoms with Crippen LogP contribution in [-0.4, -0.2) is 18.2 Å². The van der Waals surface area contributed by atoms with Gasteiger partial charge in [0.05, 0.1) is 5.60 Å². The van der Waals surface area contributed by atoms with Gasteiger partial charge in [0.2, 0.25) is 0 Å². The Labute approximate surface area is 113 Å². The molecular formula is C16H31NO. The van der Waals surface area contributed by atoms with Crippen molar-refractivity contribution in [1.82, 2.24) is 0 Å². The third kappa shape index (κ3) is 2.91. The van der Waals surface area contributed by atoms with Gasteiger partial charge in [0, 0.05) is 12.6 Å². The monoisotopic (exact) mass is 253 g/mol. The highest BCUT2D eigenvalue weighted by molar-refractivity contribution is 5.00. The van der Waals surface area contributed by atoms with Crippen LogP contribution < -0.4 is 5.73 Å². The zero-order valence-electron chi connectivity index (χ0n) is 12.5. The van der Waals surface area contributed by atoms with Crippen molar-refractivity contribution in [3.63, 3.8) is 0 Å². The third-order valence-corrected chi connectivity index (χ3v) is 5.21.